The van der Waals surface area contributed by atoms with Gasteiger partial charge in [-0.25, -0.2) is 0 Å². The number of nitrogens with zero attached hydrogens (tertiary/aromatic N) is 1. The smallest absolute Gasteiger partial charge is 0.308 e. The van der Waals surface area contributed by atoms with E-state index in [1.165, 1.54) is 68.7 Å². The Labute approximate surface area is 222 Å². The highest BCUT2D eigenvalue weighted by molar-refractivity contribution is 6.04. The topological polar surface area (TPSA) is 67.8 Å². The van der Waals surface area contributed by atoms with Gasteiger partial charge in [0.1, 0.15) is 5.70 Å². The first kappa shape index (κ1) is 26.2. The lowest BCUT2D eigenvalue weighted by atomic mass is 9.78. The lowest BCUT2D eigenvalue weighted by Crippen LogP contribution is -2.47. The number of aliphatic imine (C=N–C) groups is 1. The summed E-state index contributed by atoms with van der Waals surface area (Å²) in [5.74, 6) is 0.309. The van der Waals surface area contributed by atoms with Crippen molar-refractivity contribution in [2.45, 2.75) is 115 Å². The summed E-state index contributed by atoms with van der Waals surface area (Å²) in [7, 11) is 1.42. The van der Waals surface area contributed by atoms with Crippen molar-refractivity contribution in [2.75, 3.05) is 7.11 Å². The summed E-state index contributed by atoms with van der Waals surface area (Å²) < 4.78 is 4.84. The molecule has 1 aromatic rings. The summed E-state index contributed by atoms with van der Waals surface area (Å²) in [6.07, 6.45) is 13.3. The van der Waals surface area contributed by atoms with Crippen LogP contribution in [-0.4, -0.2) is 30.7 Å². The van der Waals surface area contributed by atoms with Crippen LogP contribution in [0.2, 0.25) is 0 Å². The van der Waals surface area contributed by atoms with Gasteiger partial charge in [-0.2, -0.15) is 0 Å². The summed E-state index contributed by atoms with van der Waals surface area (Å²) in [5, 5.41) is 3.12. The fourth-order valence-corrected chi connectivity index (χ4v) is 6.23. The molecule has 3 saturated carbocycles. The van der Waals surface area contributed by atoms with E-state index in [0.29, 0.717) is 24.5 Å². The number of hydrogen-bond donors (Lipinski definition) is 1. The number of benzene rings is 1. The van der Waals surface area contributed by atoms with Crippen molar-refractivity contribution in [3.63, 3.8) is 0 Å². The number of rotatable bonds is 7. The van der Waals surface area contributed by atoms with Crippen molar-refractivity contribution < 1.29 is 14.3 Å². The van der Waals surface area contributed by atoms with E-state index in [-0.39, 0.29) is 40.6 Å². The third-order valence-corrected chi connectivity index (χ3v) is 9.29. The number of hydrogen-bond acceptors (Lipinski definition) is 4. The highest BCUT2D eigenvalue weighted by Crippen LogP contribution is 2.49. The lowest BCUT2D eigenvalue weighted by Gasteiger charge is -2.33. The Morgan fingerprint density at radius 3 is 2.41 bits per heavy atom. The summed E-state index contributed by atoms with van der Waals surface area (Å²) in [6, 6.07) is 7.18. The molecule has 1 heterocycles. The molecule has 4 aliphatic rings. The molecule has 0 aromatic heterocycles. The van der Waals surface area contributed by atoms with E-state index in [4.69, 9.17) is 9.73 Å². The molecule has 1 amide bonds. The second-order valence-corrected chi connectivity index (χ2v) is 13.4. The SMILES string of the molecule is COC(=O)[C@H]1C[C@H](NC(=O)C2=CC(c3cc(C(C)(C)C)cc(C4(C)CC4)c3)C(CC3CCCCC3)=N2)C1. The summed E-state index contributed by atoms with van der Waals surface area (Å²) in [5.41, 5.74) is 6.09. The number of allylic oxidation sites excluding steroid dienone is 1. The molecule has 1 aromatic carbocycles. The predicted octanol–water partition coefficient (Wildman–Crippen LogP) is 6.50. The zero-order valence-electron chi connectivity index (χ0n) is 23.4. The number of amides is 1. The van der Waals surface area contributed by atoms with Crippen LogP contribution in [0, 0.1) is 11.8 Å². The second kappa shape index (κ2) is 10.0. The average Bonchev–Trinajstić information content (AvgIpc) is 3.47. The predicted molar refractivity (Wildman–Crippen MR) is 148 cm³/mol. The van der Waals surface area contributed by atoms with Crippen LogP contribution in [0.4, 0.5) is 0 Å². The molecule has 0 spiro atoms. The van der Waals surface area contributed by atoms with Crippen molar-refractivity contribution >= 4 is 17.6 Å². The summed E-state index contributed by atoms with van der Waals surface area (Å²) >= 11 is 0. The molecular weight excluding hydrogens is 460 g/mol. The molecule has 1 N–H and O–H groups in total. The van der Waals surface area contributed by atoms with Gasteiger partial charge in [-0.15, -0.1) is 0 Å². The van der Waals surface area contributed by atoms with Gasteiger partial charge in [-0.1, -0.05) is 78.0 Å². The van der Waals surface area contributed by atoms with Gasteiger partial charge in [-0.3, -0.25) is 14.6 Å². The van der Waals surface area contributed by atoms with Gasteiger partial charge in [0, 0.05) is 17.7 Å². The fourth-order valence-electron chi connectivity index (χ4n) is 6.23. The normalized spacial score (nSPS) is 27.1. The van der Waals surface area contributed by atoms with Gasteiger partial charge < -0.3 is 10.1 Å². The summed E-state index contributed by atoms with van der Waals surface area (Å²) in [6.45, 7) is 9.22. The van der Waals surface area contributed by atoms with Gasteiger partial charge in [0.25, 0.3) is 5.91 Å². The van der Waals surface area contributed by atoms with E-state index in [9.17, 15) is 9.59 Å². The van der Waals surface area contributed by atoms with Crippen molar-refractivity contribution in [2.24, 2.45) is 16.8 Å². The van der Waals surface area contributed by atoms with E-state index in [2.05, 4.69) is 57.3 Å². The monoisotopic (exact) mass is 504 g/mol. The molecule has 3 aliphatic carbocycles. The molecule has 0 bridgehead atoms. The minimum Gasteiger partial charge on any atom is -0.469 e. The Balaban J connectivity index is 1.41. The number of carbonyl (C=O) groups is 2. The molecule has 1 aliphatic heterocycles. The molecule has 1 atom stereocenters. The minimum absolute atomic E-state index is 0.0131. The van der Waals surface area contributed by atoms with Crippen LogP contribution >= 0.6 is 0 Å². The highest BCUT2D eigenvalue weighted by atomic mass is 16.5. The summed E-state index contributed by atoms with van der Waals surface area (Å²) in [4.78, 5) is 30.0. The van der Waals surface area contributed by atoms with Gasteiger partial charge >= 0.3 is 5.97 Å². The number of methoxy groups -OCH3 is 1. The molecule has 3 fully saturated rings. The number of carbonyl (C=O) groups excluding carboxylic acids is 2. The number of nitrogens with one attached hydrogen (secondary N) is 1. The van der Waals surface area contributed by atoms with Crippen molar-refractivity contribution in [1.29, 1.82) is 0 Å². The van der Waals surface area contributed by atoms with E-state index in [1.54, 1.807) is 0 Å². The second-order valence-electron chi connectivity index (χ2n) is 13.4. The standard InChI is InChI=1S/C32H44N2O3/c1-31(2,3)23-14-21(15-24(18-23)32(4)11-12-32)26-19-28(34-27(26)13-20-9-7-6-8-10-20)29(35)33-25-16-22(17-25)30(36)37-5/h14-15,18-20,22,25-26H,6-13,16-17H2,1-5H3,(H,33,35)/t22-,25-,26?. The number of esters is 1. The van der Waals surface area contributed by atoms with Gasteiger partial charge in [0.05, 0.1) is 13.0 Å². The Morgan fingerprint density at radius 2 is 1.78 bits per heavy atom. The molecule has 5 nitrogen and oxygen atoms in total. The van der Waals surface area contributed by atoms with E-state index < -0.39 is 0 Å². The Morgan fingerprint density at radius 1 is 1.08 bits per heavy atom. The molecule has 1 unspecified atom stereocenters. The van der Waals surface area contributed by atoms with Crippen LogP contribution in [0.25, 0.3) is 0 Å². The van der Waals surface area contributed by atoms with E-state index in [0.717, 1.165) is 12.1 Å². The largest absolute Gasteiger partial charge is 0.469 e. The third-order valence-electron chi connectivity index (χ3n) is 9.29. The average molecular weight is 505 g/mol. The van der Waals surface area contributed by atoms with Gasteiger partial charge in [0.2, 0.25) is 0 Å². The van der Waals surface area contributed by atoms with Crippen LogP contribution in [0.15, 0.2) is 35.0 Å². The van der Waals surface area contributed by atoms with Crippen LogP contribution in [-0.2, 0) is 25.2 Å². The maximum absolute atomic E-state index is 13.3. The zero-order chi connectivity index (χ0) is 26.4. The van der Waals surface area contributed by atoms with Gasteiger partial charge in [0.15, 0.2) is 0 Å². The molecule has 37 heavy (non-hydrogen) atoms. The first-order chi connectivity index (χ1) is 17.6. The zero-order valence-corrected chi connectivity index (χ0v) is 23.4. The third kappa shape index (κ3) is 5.71. The minimum atomic E-state index is -0.183. The van der Waals surface area contributed by atoms with Crippen LogP contribution in [0.1, 0.15) is 115 Å². The maximum atomic E-state index is 13.3. The van der Waals surface area contributed by atoms with E-state index >= 15 is 0 Å². The van der Waals surface area contributed by atoms with Gasteiger partial charge in [-0.05, 0) is 71.6 Å². The van der Waals surface area contributed by atoms with Crippen molar-refractivity contribution in [1.82, 2.24) is 5.32 Å². The number of ether oxygens (including phenoxy) is 1. The fraction of sp³-hybridized carbons (Fsp3) is 0.656. The van der Waals surface area contributed by atoms with Crippen molar-refractivity contribution in [3.8, 4) is 0 Å². The molecule has 5 heteroatoms. The maximum Gasteiger partial charge on any atom is 0.308 e. The van der Waals surface area contributed by atoms with Crippen LogP contribution in [0.5, 0.6) is 0 Å². The highest BCUT2D eigenvalue weighted by Gasteiger charge is 2.41. The first-order valence-electron chi connectivity index (χ1n) is 14.4. The molecular formula is C32H44N2O3. The quantitative estimate of drug-likeness (QED) is 0.431. The van der Waals surface area contributed by atoms with Crippen LogP contribution in [0.3, 0.4) is 0 Å². The molecule has 0 saturated heterocycles. The molecule has 0 radical (unpaired) electrons. The van der Waals surface area contributed by atoms with E-state index in [1.807, 2.05) is 0 Å². The molecule has 200 valence electrons. The van der Waals surface area contributed by atoms with Crippen LogP contribution < -0.4 is 5.32 Å². The Kier molecular flexibility index (Phi) is 7.10. The Bertz CT molecular complexity index is 1090. The lowest BCUT2D eigenvalue weighted by molar-refractivity contribution is -0.149. The Hall–Kier alpha value is -2.43. The first-order valence-corrected chi connectivity index (χ1v) is 14.4. The molecule has 5 rings (SSSR count). The van der Waals surface area contributed by atoms with Crippen molar-refractivity contribution in [3.05, 3.63) is 46.7 Å².